The summed E-state index contributed by atoms with van der Waals surface area (Å²) in [5, 5.41) is 2.46. The van der Waals surface area contributed by atoms with Crippen LogP contribution >= 0.6 is 11.8 Å². The number of benzene rings is 8. The molecule has 0 amide bonds. The Morgan fingerprint density at radius 1 is 0.333 bits per heavy atom. The summed E-state index contributed by atoms with van der Waals surface area (Å²) in [6.45, 7) is 0. The number of nitrogens with zero attached hydrogens (tertiary/aromatic N) is 3. The first-order valence-corrected chi connectivity index (χ1v) is 19.1. The average molecular weight is 706 g/mol. The Balaban J connectivity index is 1.13. The van der Waals surface area contributed by atoms with Crippen LogP contribution in [0.3, 0.4) is 0 Å². The molecule has 0 unspecified atom stereocenters. The predicted molar refractivity (Wildman–Crippen MR) is 221 cm³/mol. The lowest BCUT2D eigenvalue weighted by atomic mass is 9.67. The maximum Gasteiger partial charge on any atom is 0.164 e. The fraction of sp³-hybridized carbons (Fsp3) is 0.0200. The van der Waals surface area contributed by atoms with Crippen molar-refractivity contribution in [2.75, 3.05) is 0 Å². The number of hydrogen-bond acceptors (Lipinski definition) is 4. The summed E-state index contributed by atoms with van der Waals surface area (Å²) in [4.78, 5) is 18.2. The van der Waals surface area contributed by atoms with Crippen molar-refractivity contribution < 1.29 is 0 Å². The number of hydrogen-bond donors (Lipinski definition) is 0. The molecule has 4 heteroatoms. The van der Waals surface area contributed by atoms with E-state index in [-0.39, 0.29) is 0 Å². The smallest absolute Gasteiger partial charge is 0.164 e. The Labute approximate surface area is 318 Å². The van der Waals surface area contributed by atoms with E-state index >= 15 is 0 Å². The lowest BCUT2D eigenvalue weighted by molar-refractivity contribution is 0.722. The number of rotatable bonds is 4. The second-order valence-electron chi connectivity index (χ2n) is 13.9. The van der Waals surface area contributed by atoms with Crippen LogP contribution in [0.1, 0.15) is 22.3 Å². The van der Waals surface area contributed by atoms with E-state index in [1.54, 1.807) is 0 Å². The molecule has 0 fully saturated rings. The Hall–Kier alpha value is -6.62. The molecule has 3 nitrogen and oxygen atoms in total. The maximum absolute atomic E-state index is 5.30. The topological polar surface area (TPSA) is 38.7 Å². The van der Waals surface area contributed by atoms with E-state index in [1.165, 1.54) is 59.5 Å². The minimum absolute atomic E-state index is 0.476. The van der Waals surface area contributed by atoms with Gasteiger partial charge in [0.25, 0.3) is 0 Å². The van der Waals surface area contributed by atoms with Gasteiger partial charge in [0.05, 0.1) is 5.41 Å². The molecule has 0 saturated heterocycles. The molecule has 1 aromatic heterocycles. The van der Waals surface area contributed by atoms with Crippen molar-refractivity contribution in [3.8, 4) is 56.4 Å². The molecule has 8 aromatic carbocycles. The van der Waals surface area contributed by atoms with E-state index < -0.39 is 5.41 Å². The van der Waals surface area contributed by atoms with Crippen LogP contribution in [0.15, 0.2) is 198 Å². The lowest BCUT2D eigenvalue weighted by Crippen LogP contribution is -2.31. The third-order valence-corrected chi connectivity index (χ3v) is 12.2. The molecule has 1 spiro atoms. The van der Waals surface area contributed by atoms with E-state index in [0.29, 0.717) is 17.5 Å². The van der Waals surface area contributed by atoms with Gasteiger partial charge in [-0.15, -0.1) is 0 Å². The third-order valence-electron chi connectivity index (χ3n) is 11.0. The molecule has 0 radical (unpaired) electrons. The molecule has 1 aliphatic heterocycles. The molecule has 2 heterocycles. The first-order valence-electron chi connectivity index (χ1n) is 18.3. The van der Waals surface area contributed by atoms with Crippen LogP contribution in [0.5, 0.6) is 0 Å². The van der Waals surface area contributed by atoms with Crippen molar-refractivity contribution >= 4 is 22.5 Å². The lowest BCUT2D eigenvalue weighted by Gasteiger charge is -2.39. The first kappa shape index (κ1) is 31.0. The molecule has 11 rings (SSSR count). The summed E-state index contributed by atoms with van der Waals surface area (Å²) in [7, 11) is 0. The van der Waals surface area contributed by atoms with E-state index in [9.17, 15) is 0 Å². The van der Waals surface area contributed by atoms with Crippen molar-refractivity contribution in [2.24, 2.45) is 0 Å². The summed E-state index contributed by atoms with van der Waals surface area (Å²) in [5.74, 6) is 1.95. The van der Waals surface area contributed by atoms with Crippen molar-refractivity contribution in [2.45, 2.75) is 15.2 Å². The van der Waals surface area contributed by atoms with E-state index in [1.807, 2.05) is 30.0 Å². The van der Waals surface area contributed by atoms with Gasteiger partial charge in [-0.25, -0.2) is 15.0 Å². The number of aromatic nitrogens is 3. The summed E-state index contributed by atoms with van der Waals surface area (Å²) in [6, 6.07) is 67.3. The van der Waals surface area contributed by atoms with Crippen LogP contribution < -0.4 is 0 Å². The monoisotopic (exact) mass is 705 g/mol. The predicted octanol–water partition coefficient (Wildman–Crippen LogP) is 12.5. The van der Waals surface area contributed by atoms with E-state index in [4.69, 9.17) is 15.0 Å². The first-order chi connectivity index (χ1) is 26.8. The molecule has 0 bridgehead atoms. The third kappa shape index (κ3) is 4.60. The largest absolute Gasteiger partial charge is 0.208 e. The standard InChI is InChI=1S/C50H31N3S/c1-2-15-34(16-3-1)47-51-48(35-30-28-33(29-31-35)37-20-12-17-32-14-4-5-18-36(32)37)53-49(52-47)39-21-13-25-43-46(39)38-19-6-7-22-40(38)50(43)41-23-8-10-26-44(41)54-45-27-11-9-24-42(45)50/h1-31H. The van der Waals surface area contributed by atoms with Crippen molar-refractivity contribution in [3.63, 3.8) is 0 Å². The maximum atomic E-state index is 5.30. The minimum Gasteiger partial charge on any atom is -0.208 e. The summed E-state index contributed by atoms with van der Waals surface area (Å²) in [5.41, 5.74) is 12.3. The molecule has 9 aromatic rings. The van der Waals surface area contributed by atoms with Crippen molar-refractivity contribution in [1.82, 2.24) is 15.0 Å². The Kier molecular flexibility index (Phi) is 7.01. The number of fused-ring (bicyclic) bond motifs is 10. The highest BCUT2D eigenvalue weighted by Gasteiger charge is 2.50. The minimum atomic E-state index is -0.476. The van der Waals surface area contributed by atoms with E-state index in [2.05, 4.69) is 170 Å². The molecule has 2 aliphatic rings. The summed E-state index contributed by atoms with van der Waals surface area (Å²) in [6.07, 6.45) is 0. The van der Waals surface area contributed by atoms with Crippen LogP contribution in [-0.4, -0.2) is 15.0 Å². The summed E-state index contributed by atoms with van der Waals surface area (Å²) >= 11 is 1.86. The van der Waals surface area contributed by atoms with Crippen LogP contribution in [-0.2, 0) is 5.41 Å². The van der Waals surface area contributed by atoms with E-state index in [0.717, 1.165) is 22.3 Å². The van der Waals surface area contributed by atoms with Crippen molar-refractivity contribution in [1.29, 1.82) is 0 Å². The van der Waals surface area contributed by atoms with Gasteiger partial charge in [-0.3, -0.25) is 0 Å². The average Bonchev–Trinajstić information content (AvgIpc) is 3.54. The van der Waals surface area contributed by atoms with Crippen molar-refractivity contribution in [3.05, 3.63) is 210 Å². The molecule has 0 saturated carbocycles. The second kappa shape index (κ2) is 12.2. The Morgan fingerprint density at radius 2 is 0.833 bits per heavy atom. The second-order valence-corrected chi connectivity index (χ2v) is 15.0. The Morgan fingerprint density at radius 3 is 1.59 bits per heavy atom. The quantitative estimate of drug-likeness (QED) is 0.183. The van der Waals surface area contributed by atoms with Gasteiger partial charge in [0.1, 0.15) is 0 Å². The molecule has 1 aliphatic carbocycles. The SMILES string of the molecule is c1ccc(-c2nc(-c3ccc(-c4cccc5ccccc45)cc3)nc(-c3cccc4c3-c3ccccc3C43c4ccccc4Sc4ccccc43)n2)cc1. The molecule has 0 atom stereocenters. The van der Waals surface area contributed by atoms with Gasteiger partial charge >= 0.3 is 0 Å². The molecular weight excluding hydrogens is 675 g/mol. The Bertz CT molecular complexity index is 2870. The summed E-state index contributed by atoms with van der Waals surface area (Å²) < 4.78 is 0. The van der Waals surface area contributed by atoms with Gasteiger partial charge in [-0.1, -0.05) is 188 Å². The van der Waals surface area contributed by atoms with Gasteiger partial charge in [-0.2, -0.15) is 0 Å². The highest BCUT2D eigenvalue weighted by Crippen LogP contribution is 2.63. The molecule has 252 valence electrons. The van der Waals surface area contributed by atoms with Crippen LogP contribution in [0.25, 0.3) is 67.2 Å². The van der Waals surface area contributed by atoms with Crippen LogP contribution in [0.4, 0.5) is 0 Å². The zero-order valence-electron chi connectivity index (χ0n) is 29.1. The molecule has 0 N–H and O–H groups in total. The van der Waals surface area contributed by atoms with Gasteiger partial charge in [0.15, 0.2) is 17.5 Å². The highest BCUT2D eigenvalue weighted by atomic mass is 32.2. The van der Waals surface area contributed by atoms with Gasteiger partial charge < -0.3 is 0 Å². The molecule has 54 heavy (non-hydrogen) atoms. The fourth-order valence-corrected chi connectivity index (χ4v) is 9.90. The normalized spacial score (nSPS) is 13.3. The molecular formula is C50H31N3S. The fourth-order valence-electron chi connectivity index (χ4n) is 8.71. The van der Waals surface area contributed by atoms with Gasteiger partial charge in [-0.05, 0) is 67.4 Å². The van der Waals surface area contributed by atoms with Crippen LogP contribution in [0, 0.1) is 0 Å². The van der Waals surface area contributed by atoms with Crippen LogP contribution in [0.2, 0.25) is 0 Å². The van der Waals surface area contributed by atoms with Gasteiger partial charge in [0, 0.05) is 26.5 Å². The van der Waals surface area contributed by atoms with Gasteiger partial charge in [0.2, 0.25) is 0 Å². The highest BCUT2D eigenvalue weighted by molar-refractivity contribution is 7.99. The zero-order valence-corrected chi connectivity index (χ0v) is 30.0. The zero-order chi connectivity index (χ0) is 35.6.